The lowest BCUT2D eigenvalue weighted by molar-refractivity contribution is -0.123. The van der Waals surface area contributed by atoms with E-state index in [0.717, 1.165) is 28.0 Å². The zero-order chi connectivity index (χ0) is 15.8. The molecule has 0 bridgehead atoms. The van der Waals surface area contributed by atoms with Crippen LogP contribution >= 0.6 is 11.3 Å². The number of carbonyl (C=O) groups excluding carboxylic acids is 1. The Morgan fingerprint density at radius 2 is 2.35 bits per heavy atom. The lowest BCUT2D eigenvalue weighted by Gasteiger charge is -2.32. The van der Waals surface area contributed by atoms with Gasteiger partial charge in [-0.3, -0.25) is 9.48 Å². The summed E-state index contributed by atoms with van der Waals surface area (Å²) in [5.74, 6) is 0.890. The average Bonchev–Trinajstić information content (AvgIpc) is 3.18. The number of aryl methyl sites for hydroxylation is 1. The number of piperidine rings is 1. The van der Waals surface area contributed by atoms with Crippen LogP contribution < -0.4 is 10.6 Å². The van der Waals surface area contributed by atoms with Gasteiger partial charge in [0.05, 0.1) is 28.5 Å². The molecular formula is C15H16N6OS. The van der Waals surface area contributed by atoms with E-state index in [-0.39, 0.29) is 18.0 Å². The molecule has 2 N–H and O–H groups in total. The Bertz CT molecular complexity index is 856. The Balaban J connectivity index is 1.65. The number of anilines is 1. The molecule has 7 nitrogen and oxygen atoms in total. The largest absolute Gasteiger partial charge is 0.364 e. The van der Waals surface area contributed by atoms with Crippen LogP contribution in [-0.2, 0) is 11.8 Å². The number of amides is 1. The van der Waals surface area contributed by atoms with Crippen molar-refractivity contribution in [3.05, 3.63) is 35.7 Å². The SMILES string of the molecule is Cn1cc([C@@H]2NC(=O)CC[C@H]2Nc2ncnc3ccsc23)cn1. The summed E-state index contributed by atoms with van der Waals surface area (Å²) in [6.45, 7) is 0. The van der Waals surface area contributed by atoms with Crippen LogP contribution in [0.3, 0.4) is 0 Å². The summed E-state index contributed by atoms with van der Waals surface area (Å²) < 4.78 is 2.78. The van der Waals surface area contributed by atoms with Gasteiger partial charge in [0.25, 0.3) is 0 Å². The average molecular weight is 328 g/mol. The van der Waals surface area contributed by atoms with Crippen molar-refractivity contribution in [3.8, 4) is 0 Å². The summed E-state index contributed by atoms with van der Waals surface area (Å²) in [4.78, 5) is 20.5. The van der Waals surface area contributed by atoms with E-state index in [4.69, 9.17) is 0 Å². The molecule has 0 radical (unpaired) electrons. The Kier molecular flexibility index (Phi) is 3.45. The molecule has 23 heavy (non-hydrogen) atoms. The number of hydrogen-bond donors (Lipinski definition) is 2. The van der Waals surface area contributed by atoms with Crippen molar-refractivity contribution >= 4 is 33.3 Å². The molecule has 1 aliphatic heterocycles. The normalized spacial score (nSPS) is 21.3. The molecule has 1 aliphatic rings. The Hall–Kier alpha value is -2.48. The van der Waals surface area contributed by atoms with Crippen LogP contribution in [0.1, 0.15) is 24.4 Å². The van der Waals surface area contributed by atoms with E-state index in [1.807, 2.05) is 24.7 Å². The molecule has 0 unspecified atom stereocenters. The third-order valence-electron chi connectivity index (χ3n) is 4.05. The molecule has 3 aromatic heterocycles. The molecule has 1 saturated heterocycles. The zero-order valence-corrected chi connectivity index (χ0v) is 13.4. The van der Waals surface area contributed by atoms with Crippen LogP contribution in [0, 0.1) is 0 Å². The predicted octanol–water partition coefficient (Wildman–Crippen LogP) is 1.86. The topological polar surface area (TPSA) is 84.7 Å². The van der Waals surface area contributed by atoms with Crippen LogP contribution in [-0.4, -0.2) is 31.7 Å². The fourth-order valence-corrected chi connectivity index (χ4v) is 3.74. The molecule has 8 heteroatoms. The monoisotopic (exact) mass is 328 g/mol. The number of carbonyl (C=O) groups is 1. The number of aromatic nitrogens is 4. The van der Waals surface area contributed by atoms with Crippen molar-refractivity contribution in [2.45, 2.75) is 24.9 Å². The summed E-state index contributed by atoms with van der Waals surface area (Å²) in [6.07, 6.45) is 6.56. The fraction of sp³-hybridized carbons (Fsp3) is 0.333. The second kappa shape index (κ2) is 5.62. The van der Waals surface area contributed by atoms with Gasteiger partial charge in [-0.25, -0.2) is 9.97 Å². The maximum Gasteiger partial charge on any atom is 0.220 e. The summed E-state index contributed by atoms with van der Waals surface area (Å²) in [5.41, 5.74) is 1.93. The van der Waals surface area contributed by atoms with Crippen molar-refractivity contribution in [2.24, 2.45) is 7.05 Å². The summed E-state index contributed by atoms with van der Waals surface area (Å²) in [5, 5.41) is 12.8. The first kappa shape index (κ1) is 14.1. The molecule has 4 heterocycles. The van der Waals surface area contributed by atoms with Crippen molar-refractivity contribution in [1.29, 1.82) is 0 Å². The third-order valence-corrected chi connectivity index (χ3v) is 4.96. The number of hydrogen-bond acceptors (Lipinski definition) is 6. The second-order valence-electron chi connectivity index (χ2n) is 5.64. The van der Waals surface area contributed by atoms with Gasteiger partial charge >= 0.3 is 0 Å². The van der Waals surface area contributed by atoms with Crippen LogP contribution in [0.5, 0.6) is 0 Å². The van der Waals surface area contributed by atoms with E-state index in [9.17, 15) is 4.79 Å². The lowest BCUT2D eigenvalue weighted by Crippen LogP contribution is -2.45. The number of thiophene rings is 1. The van der Waals surface area contributed by atoms with Gasteiger partial charge in [-0.15, -0.1) is 11.3 Å². The lowest BCUT2D eigenvalue weighted by atomic mass is 9.94. The number of rotatable bonds is 3. The molecule has 3 aromatic rings. The quantitative estimate of drug-likeness (QED) is 0.766. The zero-order valence-electron chi connectivity index (χ0n) is 12.6. The molecule has 118 valence electrons. The van der Waals surface area contributed by atoms with Crippen LogP contribution in [0.4, 0.5) is 5.82 Å². The summed E-state index contributed by atoms with van der Waals surface area (Å²) in [7, 11) is 1.87. The van der Waals surface area contributed by atoms with Gasteiger partial charge in [-0.05, 0) is 17.9 Å². The van der Waals surface area contributed by atoms with Crippen molar-refractivity contribution in [1.82, 2.24) is 25.1 Å². The molecule has 4 rings (SSSR count). The fourth-order valence-electron chi connectivity index (χ4n) is 2.94. The molecule has 0 aliphatic carbocycles. The Morgan fingerprint density at radius 3 is 3.17 bits per heavy atom. The molecule has 2 atom stereocenters. The van der Waals surface area contributed by atoms with Crippen molar-refractivity contribution < 1.29 is 4.79 Å². The first-order chi connectivity index (χ1) is 11.2. The van der Waals surface area contributed by atoms with E-state index < -0.39 is 0 Å². The van der Waals surface area contributed by atoms with Crippen LogP contribution in [0.2, 0.25) is 0 Å². The van der Waals surface area contributed by atoms with E-state index in [0.29, 0.717) is 6.42 Å². The smallest absolute Gasteiger partial charge is 0.220 e. The highest BCUT2D eigenvalue weighted by molar-refractivity contribution is 7.17. The highest BCUT2D eigenvalue weighted by atomic mass is 32.1. The van der Waals surface area contributed by atoms with Gasteiger partial charge in [0, 0.05) is 25.2 Å². The van der Waals surface area contributed by atoms with E-state index >= 15 is 0 Å². The molecule has 0 aromatic carbocycles. The minimum Gasteiger partial charge on any atom is -0.364 e. The Labute approximate surface area is 136 Å². The van der Waals surface area contributed by atoms with E-state index in [1.54, 1.807) is 28.5 Å². The minimum atomic E-state index is -0.116. The second-order valence-corrected chi connectivity index (χ2v) is 6.56. The summed E-state index contributed by atoms with van der Waals surface area (Å²) >= 11 is 1.61. The van der Waals surface area contributed by atoms with Crippen LogP contribution in [0.15, 0.2) is 30.2 Å². The number of fused-ring (bicyclic) bond motifs is 1. The van der Waals surface area contributed by atoms with Crippen LogP contribution in [0.25, 0.3) is 10.2 Å². The van der Waals surface area contributed by atoms with E-state index in [1.165, 1.54) is 0 Å². The molecular weight excluding hydrogens is 312 g/mol. The highest BCUT2D eigenvalue weighted by Crippen LogP contribution is 2.30. The number of nitrogens with zero attached hydrogens (tertiary/aromatic N) is 4. The molecule has 1 fully saturated rings. The maximum atomic E-state index is 11.8. The predicted molar refractivity (Wildman–Crippen MR) is 88.2 cm³/mol. The first-order valence-electron chi connectivity index (χ1n) is 7.43. The first-order valence-corrected chi connectivity index (χ1v) is 8.31. The number of nitrogens with one attached hydrogen (secondary N) is 2. The van der Waals surface area contributed by atoms with Gasteiger partial charge < -0.3 is 10.6 Å². The third kappa shape index (κ3) is 2.65. The van der Waals surface area contributed by atoms with Gasteiger partial charge in [-0.1, -0.05) is 0 Å². The van der Waals surface area contributed by atoms with Gasteiger partial charge in [-0.2, -0.15) is 5.10 Å². The van der Waals surface area contributed by atoms with Gasteiger partial charge in [0.2, 0.25) is 5.91 Å². The summed E-state index contributed by atoms with van der Waals surface area (Å²) in [6, 6.07) is 1.93. The maximum absolute atomic E-state index is 11.8. The van der Waals surface area contributed by atoms with Gasteiger partial charge in [0.1, 0.15) is 12.1 Å². The standard InChI is InChI=1S/C15H16N6OS/c1-21-7-9(6-18-21)13-10(2-3-12(22)20-13)19-15-14-11(4-5-23-14)16-8-17-15/h4-8,10,13H,2-3H2,1H3,(H,20,22)(H,16,17,19)/t10-,13+/m1/s1. The molecule has 0 saturated carbocycles. The molecule has 0 spiro atoms. The van der Waals surface area contributed by atoms with Crippen molar-refractivity contribution in [3.63, 3.8) is 0 Å². The van der Waals surface area contributed by atoms with Gasteiger partial charge in [0.15, 0.2) is 0 Å². The highest BCUT2D eigenvalue weighted by Gasteiger charge is 2.31. The van der Waals surface area contributed by atoms with Crippen molar-refractivity contribution in [2.75, 3.05) is 5.32 Å². The van der Waals surface area contributed by atoms with E-state index in [2.05, 4.69) is 25.7 Å². The Morgan fingerprint density at radius 1 is 1.43 bits per heavy atom. The minimum absolute atomic E-state index is 0.0668. The molecule has 1 amide bonds.